The summed E-state index contributed by atoms with van der Waals surface area (Å²) in [7, 11) is 0. The molecule has 5 nitrogen and oxygen atoms in total. The largest absolute Gasteiger partial charge is 0.359 e. The van der Waals surface area contributed by atoms with Crippen molar-refractivity contribution < 1.29 is 4.52 Å². The maximum absolute atomic E-state index is 8.84. The van der Waals surface area contributed by atoms with E-state index in [0.717, 1.165) is 11.3 Å². The molecular weight excluding hydrogens is 228 g/mol. The lowest BCUT2D eigenvalue weighted by Crippen LogP contribution is -1.81. The topological polar surface area (TPSA) is 78.5 Å². The third kappa shape index (κ3) is 1.76. The van der Waals surface area contributed by atoms with E-state index in [1.807, 2.05) is 18.2 Å². The van der Waals surface area contributed by atoms with E-state index in [1.54, 1.807) is 24.4 Å². The SMILES string of the molecule is N#Cc1cccc(-c2nc(-c3ccc[nH]3)no2)c1. The average molecular weight is 236 g/mol. The molecule has 3 rings (SSSR count). The molecule has 0 bridgehead atoms. The van der Waals surface area contributed by atoms with Gasteiger partial charge in [0.15, 0.2) is 0 Å². The lowest BCUT2D eigenvalue weighted by atomic mass is 10.1. The van der Waals surface area contributed by atoms with E-state index in [4.69, 9.17) is 9.78 Å². The first kappa shape index (κ1) is 10.3. The van der Waals surface area contributed by atoms with Gasteiger partial charge in [-0.1, -0.05) is 11.2 Å². The second kappa shape index (κ2) is 4.18. The molecule has 0 amide bonds. The van der Waals surface area contributed by atoms with Crippen LogP contribution in [0.4, 0.5) is 0 Å². The van der Waals surface area contributed by atoms with Crippen LogP contribution in [0.2, 0.25) is 0 Å². The quantitative estimate of drug-likeness (QED) is 0.741. The molecule has 86 valence electrons. The van der Waals surface area contributed by atoms with Gasteiger partial charge in [-0.05, 0) is 30.3 Å². The molecule has 5 heteroatoms. The zero-order valence-corrected chi connectivity index (χ0v) is 9.29. The molecule has 1 aromatic carbocycles. The molecule has 0 spiro atoms. The number of rotatable bonds is 2. The highest BCUT2D eigenvalue weighted by Gasteiger charge is 2.11. The van der Waals surface area contributed by atoms with Gasteiger partial charge in [0.1, 0.15) is 0 Å². The van der Waals surface area contributed by atoms with Crippen molar-refractivity contribution in [3.63, 3.8) is 0 Å². The van der Waals surface area contributed by atoms with Gasteiger partial charge >= 0.3 is 0 Å². The number of H-pyrrole nitrogens is 1. The van der Waals surface area contributed by atoms with E-state index in [0.29, 0.717) is 17.3 Å². The second-order valence-electron chi connectivity index (χ2n) is 3.70. The van der Waals surface area contributed by atoms with Gasteiger partial charge in [-0.3, -0.25) is 0 Å². The number of nitrogens with zero attached hydrogens (tertiary/aromatic N) is 3. The van der Waals surface area contributed by atoms with Gasteiger partial charge in [0, 0.05) is 11.8 Å². The number of nitrogens with one attached hydrogen (secondary N) is 1. The van der Waals surface area contributed by atoms with Crippen LogP contribution in [-0.2, 0) is 0 Å². The van der Waals surface area contributed by atoms with Crippen LogP contribution in [0.3, 0.4) is 0 Å². The van der Waals surface area contributed by atoms with E-state index >= 15 is 0 Å². The molecule has 0 atom stereocenters. The predicted octanol–water partition coefficient (Wildman–Crippen LogP) is 2.60. The Morgan fingerprint density at radius 3 is 2.94 bits per heavy atom. The Labute approximate surface area is 103 Å². The Balaban J connectivity index is 2.01. The van der Waals surface area contributed by atoms with Crippen LogP contribution in [0.25, 0.3) is 23.0 Å². The first-order chi connectivity index (χ1) is 8.86. The molecule has 0 aliphatic rings. The minimum atomic E-state index is 0.400. The van der Waals surface area contributed by atoms with Gasteiger partial charge in [-0.25, -0.2) is 0 Å². The summed E-state index contributed by atoms with van der Waals surface area (Å²) in [5.41, 5.74) is 2.09. The number of hydrogen-bond donors (Lipinski definition) is 1. The van der Waals surface area contributed by atoms with Crippen LogP contribution in [-0.4, -0.2) is 15.1 Å². The third-order valence-electron chi connectivity index (χ3n) is 2.50. The van der Waals surface area contributed by atoms with Crippen LogP contribution < -0.4 is 0 Å². The average Bonchev–Trinajstić information content (AvgIpc) is 3.09. The van der Waals surface area contributed by atoms with Crippen molar-refractivity contribution in [2.45, 2.75) is 0 Å². The van der Waals surface area contributed by atoms with Gasteiger partial charge in [-0.15, -0.1) is 0 Å². The fraction of sp³-hybridized carbons (Fsp3) is 0. The van der Waals surface area contributed by atoms with Crippen molar-refractivity contribution in [3.8, 4) is 29.0 Å². The zero-order valence-electron chi connectivity index (χ0n) is 9.29. The number of hydrogen-bond acceptors (Lipinski definition) is 4. The van der Waals surface area contributed by atoms with Crippen molar-refractivity contribution in [2.24, 2.45) is 0 Å². The number of aromatic nitrogens is 3. The first-order valence-corrected chi connectivity index (χ1v) is 5.35. The maximum atomic E-state index is 8.84. The Morgan fingerprint density at radius 1 is 1.22 bits per heavy atom. The predicted molar refractivity (Wildman–Crippen MR) is 64.2 cm³/mol. The molecule has 18 heavy (non-hydrogen) atoms. The highest BCUT2D eigenvalue weighted by atomic mass is 16.5. The van der Waals surface area contributed by atoms with Gasteiger partial charge < -0.3 is 9.51 Å². The van der Waals surface area contributed by atoms with E-state index in [1.165, 1.54) is 0 Å². The molecule has 0 radical (unpaired) electrons. The monoisotopic (exact) mass is 236 g/mol. The van der Waals surface area contributed by atoms with Gasteiger partial charge in [-0.2, -0.15) is 10.2 Å². The van der Waals surface area contributed by atoms with Crippen molar-refractivity contribution in [2.75, 3.05) is 0 Å². The third-order valence-corrected chi connectivity index (χ3v) is 2.50. The maximum Gasteiger partial charge on any atom is 0.258 e. The van der Waals surface area contributed by atoms with Gasteiger partial charge in [0.05, 0.1) is 17.3 Å². The van der Waals surface area contributed by atoms with Crippen LogP contribution in [0.15, 0.2) is 47.1 Å². The minimum Gasteiger partial charge on any atom is -0.359 e. The van der Waals surface area contributed by atoms with Crippen LogP contribution in [0.1, 0.15) is 5.56 Å². The highest BCUT2D eigenvalue weighted by molar-refractivity contribution is 5.59. The van der Waals surface area contributed by atoms with E-state index in [2.05, 4.69) is 21.2 Å². The first-order valence-electron chi connectivity index (χ1n) is 5.35. The lowest BCUT2D eigenvalue weighted by molar-refractivity contribution is 0.432. The Morgan fingerprint density at radius 2 is 2.17 bits per heavy atom. The Hall–Kier alpha value is -2.87. The molecule has 0 aliphatic heterocycles. The van der Waals surface area contributed by atoms with E-state index in [-0.39, 0.29) is 0 Å². The number of aromatic amines is 1. The second-order valence-corrected chi connectivity index (χ2v) is 3.70. The normalized spacial score (nSPS) is 10.2. The molecule has 0 saturated heterocycles. The molecule has 3 aromatic rings. The number of benzene rings is 1. The zero-order chi connectivity index (χ0) is 12.4. The molecule has 0 unspecified atom stereocenters. The van der Waals surface area contributed by atoms with Crippen LogP contribution in [0, 0.1) is 11.3 Å². The highest BCUT2D eigenvalue weighted by Crippen LogP contribution is 2.21. The molecule has 0 fully saturated rings. The summed E-state index contributed by atoms with van der Waals surface area (Å²) in [6.45, 7) is 0. The van der Waals surface area contributed by atoms with E-state index in [9.17, 15) is 0 Å². The van der Waals surface area contributed by atoms with E-state index < -0.39 is 0 Å². The summed E-state index contributed by atoms with van der Waals surface area (Å²) in [4.78, 5) is 7.28. The lowest BCUT2D eigenvalue weighted by Gasteiger charge is -1.93. The van der Waals surface area contributed by atoms with Gasteiger partial charge in [0.2, 0.25) is 5.82 Å². The summed E-state index contributed by atoms with van der Waals surface area (Å²) in [6, 6.07) is 12.9. The summed E-state index contributed by atoms with van der Waals surface area (Å²) in [5, 5.41) is 12.7. The van der Waals surface area contributed by atoms with Crippen molar-refractivity contribution in [1.29, 1.82) is 5.26 Å². The molecule has 1 N–H and O–H groups in total. The summed E-state index contributed by atoms with van der Waals surface area (Å²) in [5.74, 6) is 0.897. The molecular formula is C13H8N4O. The molecule has 0 saturated carbocycles. The fourth-order valence-corrected chi connectivity index (χ4v) is 1.64. The van der Waals surface area contributed by atoms with Crippen molar-refractivity contribution in [1.82, 2.24) is 15.1 Å². The Bertz CT molecular complexity index is 707. The van der Waals surface area contributed by atoms with Crippen LogP contribution in [0.5, 0.6) is 0 Å². The molecule has 2 heterocycles. The molecule has 0 aliphatic carbocycles. The summed E-state index contributed by atoms with van der Waals surface area (Å²) < 4.78 is 5.18. The number of nitriles is 1. The van der Waals surface area contributed by atoms with Crippen LogP contribution >= 0.6 is 0 Å². The minimum absolute atomic E-state index is 0.400. The fourth-order valence-electron chi connectivity index (χ4n) is 1.64. The molecule has 2 aromatic heterocycles. The van der Waals surface area contributed by atoms with Crippen molar-refractivity contribution >= 4 is 0 Å². The standard InChI is InChI=1S/C13H8N4O/c14-8-9-3-1-4-10(7-9)13-16-12(17-18-13)11-5-2-6-15-11/h1-7,15H. The van der Waals surface area contributed by atoms with Crippen molar-refractivity contribution in [3.05, 3.63) is 48.2 Å². The summed E-state index contributed by atoms with van der Waals surface area (Å²) in [6.07, 6.45) is 1.79. The Kier molecular flexibility index (Phi) is 2.39. The summed E-state index contributed by atoms with van der Waals surface area (Å²) >= 11 is 0. The van der Waals surface area contributed by atoms with Gasteiger partial charge in [0.25, 0.3) is 5.89 Å². The smallest absolute Gasteiger partial charge is 0.258 e.